The van der Waals surface area contributed by atoms with Crippen molar-refractivity contribution in [3.63, 3.8) is 0 Å². The summed E-state index contributed by atoms with van der Waals surface area (Å²) in [5.41, 5.74) is 4.13. The molecule has 8 nitrogen and oxygen atoms in total. The van der Waals surface area contributed by atoms with E-state index in [0.29, 0.717) is 36.8 Å². The summed E-state index contributed by atoms with van der Waals surface area (Å²) >= 11 is 0. The Bertz CT molecular complexity index is 1080. The lowest BCUT2D eigenvalue weighted by Crippen LogP contribution is -2.28. The minimum atomic E-state index is -0.297. The van der Waals surface area contributed by atoms with Gasteiger partial charge in [0.15, 0.2) is 5.69 Å². The summed E-state index contributed by atoms with van der Waals surface area (Å²) in [6, 6.07) is 9.43. The van der Waals surface area contributed by atoms with Gasteiger partial charge in [-0.25, -0.2) is 0 Å². The predicted molar refractivity (Wildman–Crippen MR) is 120 cm³/mol. The summed E-state index contributed by atoms with van der Waals surface area (Å²) in [6.07, 6.45) is 1.68. The third-order valence-corrected chi connectivity index (χ3v) is 4.84. The van der Waals surface area contributed by atoms with Crippen molar-refractivity contribution in [3.05, 3.63) is 64.7 Å². The number of hydrogen-bond acceptors (Lipinski definition) is 4. The SMILES string of the molecule is CCn1cc(NC(=O)c2cccc(Cn3nc(C)cc3C)c2)c(C(=O)NCC(C)C)n1. The van der Waals surface area contributed by atoms with E-state index in [1.54, 1.807) is 16.9 Å². The molecule has 2 aromatic heterocycles. The molecular formula is C23H30N6O2. The van der Waals surface area contributed by atoms with Gasteiger partial charge in [-0.1, -0.05) is 26.0 Å². The van der Waals surface area contributed by atoms with Gasteiger partial charge in [0.05, 0.1) is 17.9 Å². The fourth-order valence-corrected chi connectivity index (χ4v) is 3.24. The summed E-state index contributed by atoms with van der Waals surface area (Å²) in [5, 5.41) is 14.5. The van der Waals surface area contributed by atoms with E-state index >= 15 is 0 Å². The molecular weight excluding hydrogens is 392 g/mol. The van der Waals surface area contributed by atoms with Crippen LogP contribution in [0.15, 0.2) is 36.5 Å². The number of nitrogens with zero attached hydrogens (tertiary/aromatic N) is 4. The summed E-state index contributed by atoms with van der Waals surface area (Å²) in [4.78, 5) is 25.5. The summed E-state index contributed by atoms with van der Waals surface area (Å²) in [7, 11) is 0. The third kappa shape index (κ3) is 5.59. The van der Waals surface area contributed by atoms with E-state index in [9.17, 15) is 9.59 Å². The van der Waals surface area contributed by atoms with Gasteiger partial charge in [0, 0.05) is 30.5 Å². The number of aryl methyl sites for hydroxylation is 3. The lowest BCUT2D eigenvalue weighted by molar-refractivity contribution is 0.0944. The molecule has 0 saturated carbocycles. The van der Waals surface area contributed by atoms with Crippen LogP contribution in [0.4, 0.5) is 5.69 Å². The highest BCUT2D eigenvalue weighted by Gasteiger charge is 2.19. The minimum absolute atomic E-state index is 0.217. The number of aromatic nitrogens is 4. The summed E-state index contributed by atoms with van der Waals surface area (Å²) in [5.74, 6) is -0.265. The second-order valence-corrected chi connectivity index (χ2v) is 8.09. The normalized spacial score (nSPS) is 11.0. The van der Waals surface area contributed by atoms with Crippen molar-refractivity contribution in [2.75, 3.05) is 11.9 Å². The molecule has 31 heavy (non-hydrogen) atoms. The quantitative estimate of drug-likeness (QED) is 0.582. The van der Waals surface area contributed by atoms with Crippen LogP contribution < -0.4 is 10.6 Å². The second kappa shape index (κ2) is 9.59. The van der Waals surface area contributed by atoms with Crippen LogP contribution >= 0.6 is 0 Å². The lowest BCUT2D eigenvalue weighted by atomic mass is 10.1. The highest BCUT2D eigenvalue weighted by Crippen LogP contribution is 2.17. The van der Waals surface area contributed by atoms with Crippen molar-refractivity contribution >= 4 is 17.5 Å². The van der Waals surface area contributed by atoms with Crippen molar-refractivity contribution < 1.29 is 9.59 Å². The first-order valence-electron chi connectivity index (χ1n) is 10.5. The monoisotopic (exact) mass is 422 g/mol. The van der Waals surface area contributed by atoms with E-state index in [2.05, 4.69) is 20.8 Å². The second-order valence-electron chi connectivity index (χ2n) is 8.09. The molecule has 0 unspecified atom stereocenters. The standard InChI is InChI=1S/C23H30N6O2/c1-6-28-14-20(21(27-28)23(31)24-12-15(2)3)25-22(30)19-9-7-8-18(11-19)13-29-17(5)10-16(4)26-29/h7-11,14-15H,6,12-13H2,1-5H3,(H,24,31)(H,25,30). The van der Waals surface area contributed by atoms with Crippen molar-refractivity contribution in [2.45, 2.75) is 47.7 Å². The molecule has 0 radical (unpaired) electrons. The van der Waals surface area contributed by atoms with Gasteiger partial charge in [0.2, 0.25) is 0 Å². The number of carbonyl (C=O) groups excluding carboxylic acids is 2. The first-order valence-corrected chi connectivity index (χ1v) is 10.5. The predicted octanol–water partition coefficient (Wildman–Crippen LogP) is 3.40. The van der Waals surface area contributed by atoms with Gasteiger partial charge in [0.25, 0.3) is 11.8 Å². The van der Waals surface area contributed by atoms with E-state index in [1.807, 2.05) is 63.6 Å². The maximum Gasteiger partial charge on any atom is 0.273 e. The third-order valence-electron chi connectivity index (χ3n) is 4.84. The zero-order chi connectivity index (χ0) is 22.5. The highest BCUT2D eigenvalue weighted by atomic mass is 16.2. The van der Waals surface area contributed by atoms with Crippen LogP contribution in [-0.2, 0) is 13.1 Å². The van der Waals surface area contributed by atoms with Crippen LogP contribution in [0.1, 0.15) is 58.6 Å². The van der Waals surface area contributed by atoms with Gasteiger partial charge in [-0.3, -0.25) is 19.0 Å². The van der Waals surface area contributed by atoms with E-state index in [-0.39, 0.29) is 17.5 Å². The van der Waals surface area contributed by atoms with E-state index in [0.717, 1.165) is 17.0 Å². The number of carbonyl (C=O) groups is 2. The minimum Gasteiger partial charge on any atom is -0.350 e. The number of rotatable bonds is 8. The number of amides is 2. The molecule has 2 N–H and O–H groups in total. The average Bonchev–Trinajstić information content (AvgIpc) is 3.28. The van der Waals surface area contributed by atoms with Gasteiger partial charge < -0.3 is 10.6 Å². The average molecular weight is 423 g/mol. The Morgan fingerprint density at radius 1 is 1.10 bits per heavy atom. The topological polar surface area (TPSA) is 93.8 Å². The van der Waals surface area contributed by atoms with Crippen molar-refractivity contribution in [1.82, 2.24) is 24.9 Å². The van der Waals surface area contributed by atoms with Crippen LogP contribution in [0, 0.1) is 19.8 Å². The smallest absolute Gasteiger partial charge is 0.273 e. The number of benzene rings is 1. The molecule has 2 amide bonds. The molecule has 2 heterocycles. The number of hydrogen-bond donors (Lipinski definition) is 2. The largest absolute Gasteiger partial charge is 0.350 e. The van der Waals surface area contributed by atoms with Gasteiger partial charge in [0.1, 0.15) is 0 Å². The Balaban J connectivity index is 1.77. The zero-order valence-electron chi connectivity index (χ0n) is 18.8. The maximum atomic E-state index is 12.9. The highest BCUT2D eigenvalue weighted by molar-refractivity contribution is 6.08. The van der Waals surface area contributed by atoms with Crippen LogP contribution in [0.2, 0.25) is 0 Å². The molecule has 1 aromatic carbocycles. The molecule has 8 heteroatoms. The van der Waals surface area contributed by atoms with Gasteiger partial charge >= 0.3 is 0 Å². The lowest BCUT2D eigenvalue weighted by Gasteiger charge is -2.09. The molecule has 0 spiro atoms. The fraction of sp³-hybridized carbons (Fsp3) is 0.391. The van der Waals surface area contributed by atoms with Gasteiger partial charge in [-0.05, 0) is 50.5 Å². The zero-order valence-corrected chi connectivity index (χ0v) is 18.8. The van der Waals surface area contributed by atoms with Gasteiger partial charge in [-0.15, -0.1) is 0 Å². The van der Waals surface area contributed by atoms with Gasteiger partial charge in [-0.2, -0.15) is 10.2 Å². The Hall–Kier alpha value is -3.42. The molecule has 0 saturated heterocycles. The molecule has 0 aliphatic carbocycles. The van der Waals surface area contributed by atoms with E-state index in [1.165, 1.54) is 0 Å². The number of nitrogens with one attached hydrogen (secondary N) is 2. The molecule has 0 aliphatic heterocycles. The Morgan fingerprint density at radius 3 is 2.52 bits per heavy atom. The molecule has 0 aliphatic rings. The molecule has 0 atom stereocenters. The van der Waals surface area contributed by atoms with Crippen LogP contribution in [0.25, 0.3) is 0 Å². The van der Waals surface area contributed by atoms with Crippen LogP contribution in [0.5, 0.6) is 0 Å². The molecule has 164 valence electrons. The first kappa shape index (κ1) is 22.3. The van der Waals surface area contributed by atoms with Crippen molar-refractivity contribution in [2.24, 2.45) is 5.92 Å². The molecule has 3 aromatic rings. The first-order chi connectivity index (χ1) is 14.8. The summed E-state index contributed by atoms with van der Waals surface area (Å²) < 4.78 is 3.55. The van der Waals surface area contributed by atoms with Crippen LogP contribution in [0.3, 0.4) is 0 Å². The molecule has 0 bridgehead atoms. The van der Waals surface area contributed by atoms with E-state index in [4.69, 9.17) is 0 Å². The van der Waals surface area contributed by atoms with Crippen molar-refractivity contribution in [1.29, 1.82) is 0 Å². The summed E-state index contributed by atoms with van der Waals surface area (Å²) in [6.45, 7) is 11.7. The Kier molecular flexibility index (Phi) is 6.89. The number of anilines is 1. The fourth-order valence-electron chi connectivity index (χ4n) is 3.24. The Labute approximate surface area is 182 Å². The van der Waals surface area contributed by atoms with Crippen LogP contribution in [-0.4, -0.2) is 37.9 Å². The van der Waals surface area contributed by atoms with Crippen molar-refractivity contribution in [3.8, 4) is 0 Å². The molecule has 0 fully saturated rings. The molecule has 3 rings (SSSR count). The van der Waals surface area contributed by atoms with E-state index < -0.39 is 0 Å². The maximum absolute atomic E-state index is 12.9. The Morgan fingerprint density at radius 2 is 1.87 bits per heavy atom.